The highest BCUT2D eigenvalue weighted by molar-refractivity contribution is 8.00. The number of aryl methyl sites for hydroxylation is 2. The van der Waals surface area contributed by atoms with Gasteiger partial charge in [0.25, 0.3) is 5.91 Å². The van der Waals surface area contributed by atoms with Crippen molar-refractivity contribution in [2.75, 3.05) is 5.75 Å². The molecular weight excluding hydrogens is 254 g/mol. The molecule has 1 amide bonds. The Morgan fingerprint density at radius 1 is 1.50 bits per heavy atom. The van der Waals surface area contributed by atoms with Crippen LogP contribution in [0.25, 0.3) is 0 Å². The third kappa shape index (κ3) is 2.12. The highest BCUT2D eigenvalue weighted by Gasteiger charge is 2.40. The molecule has 1 N–H and O–H groups in total. The molecule has 0 bridgehead atoms. The van der Waals surface area contributed by atoms with Gasteiger partial charge < -0.3 is 14.4 Å². The van der Waals surface area contributed by atoms with Gasteiger partial charge in [-0.3, -0.25) is 4.79 Å². The van der Waals surface area contributed by atoms with Gasteiger partial charge in [-0.25, -0.2) is 4.79 Å². The van der Waals surface area contributed by atoms with E-state index in [4.69, 9.17) is 9.52 Å². The first-order valence-corrected chi connectivity index (χ1v) is 6.70. The number of carbonyl (C=O) groups is 2. The number of hydrogen-bond acceptors (Lipinski definition) is 4. The molecule has 1 fully saturated rings. The molecule has 0 saturated carbocycles. The lowest BCUT2D eigenvalue weighted by Crippen LogP contribution is -2.44. The second kappa shape index (κ2) is 4.68. The summed E-state index contributed by atoms with van der Waals surface area (Å²) in [6.07, 6.45) is 0. The molecule has 0 spiro atoms. The quantitative estimate of drug-likeness (QED) is 0.887. The van der Waals surface area contributed by atoms with Gasteiger partial charge in [-0.2, -0.15) is 0 Å². The van der Waals surface area contributed by atoms with Crippen LogP contribution in [0.2, 0.25) is 0 Å². The predicted molar refractivity (Wildman–Crippen MR) is 67.7 cm³/mol. The van der Waals surface area contributed by atoms with Crippen molar-refractivity contribution in [2.24, 2.45) is 0 Å². The van der Waals surface area contributed by atoms with Crippen molar-refractivity contribution in [1.29, 1.82) is 0 Å². The average Bonchev–Trinajstić information content (AvgIpc) is 2.81. The highest BCUT2D eigenvalue weighted by Crippen LogP contribution is 2.31. The van der Waals surface area contributed by atoms with E-state index in [9.17, 15) is 9.59 Å². The van der Waals surface area contributed by atoms with Gasteiger partial charge in [0.15, 0.2) is 0 Å². The number of nitrogens with zero attached hydrogens (tertiary/aromatic N) is 1. The second-order valence-electron chi connectivity index (χ2n) is 4.33. The summed E-state index contributed by atoms with van der Waals surface area (Å²) in [6.45, 7) is 5.32. The van der Waals surface area contributed by atoms with Crippen LogP contribution in [0, 0.1) is 13.8 Å². The minimum atomic E-state index is -0.960. The summed E-state index contributed by atoms with van der Waals surface area (Å²) < 4.78 is 5.32. The van der Waals surface area contributed by atoms with Gasteiger partial charge in [-0.15, -0.1) is 11.8 Å². The Balaban J connectivity index is 2.32. The molecular formula is C12H15NO4S. The molecule has 2 unspecified atom stereocenters. The zero-order valence-electron chi connectivity index (χ0n) is 10.5. The van der Waals surface area contributed by atoms with E-state index in [0.717, 1.165) is 0 Å². The Morgan fingerprint density at radius 3 is 2.67 bits per heavy atom. The van der Waals surface area contributed by atoms with Gasteiger partial charge in [0.2, 0.25) is 0 Å². The van der Waals surface area contributed by atoms with Crippen LogP contribution in [0.4, 0.5) is 0 Å². The summed E-state index contributed by atoms with van der Waals surface area (Å²) in [6, 6.07) is 0.902. The van der Waals surface area contributed by atoms with E-state index in [-0.39, 0.29) is 11.3 Å². The first-order valence-electron chi connectivity index (χ1n) is 5.66. The Hall–Kier alpha value is -1.43. The topological polar surface area (TPSA) is 70.8 Å². The van der Waals surface area contributed by atoms with Gasteiger partial charge in [0, 0.05) is 5.75 Å². The van der Waals surface area contributed by atoms with E-state index >= 15 is 0 Å². The maximum Gasteiger partial charge on any atom is 0.327 e. The van der Waals surface area contributed by atoms with Crippen molar-refractivity contribution in [3.05, 3.63) is 23.2 Å². The number of rotatable bonds is 2. The number of amides is 1. The van der Waals surface area contributed by atoms with Crippen LogP contribution in [0.5, 0.6) is 0 Å². The molecule has 1 saturated heterocycles. The number of furan rings is 1. The zero-order valence-corrected chi connectivity index (χ0v) is 11.3. The highest BCUT2D eigenvalue weighted by atomic mass is 32.2. The molecule has 2 atom stereocenters. The standard InChI is InChI=1S/C12H15NO4S/c1-6-4-9(7(2)17-6)11(14)13-8(3)18-5-10(13)12(15)16/h4,8,10H,5H2,1-3H3,(H,15,16). The number of aliphatic carboxylic acids is 1. The molecule has 2 heterocycles. The van der Waals surface area contributed by atoms with Crippen molar-refractivity contribution >= 4 is 23.6 Å². The number of hydrogen-bond donors (Lipinski definition) is 1. The van der Waals surface area contributed by atoms with E-state index in [1.165, 1.54) is 16.7 Å². The van der Waals surface area contributed by atoms with Gasteiger partial charge in [-0.1, -0.05) is 0 Å². The number of carboxylic acids is 1. The van der Waals surface area contributed by atoms with Gasteiger partial charge in [-0.05, 0) is 26.8 Å². The molecule has 6 heteroatoms. The smallest absolute Gasteiger partial charge is 0.327 e. The maximum absolute atomic E-state index is 12.4. The summed E-state index contributed by atoms with van der Waals surface area (Å²) >= 11 is 1.47. The number of thioether (sulfide) groups is 1. The van der Waals surface area contributed by atoms with Gasteiger partial charge >= 0.3 is 5.97 Å². The summed E-state index contributed by atoms with van der Waals surface area (Å²) in [7, 11) is 0. The molecule has 2 rings (SSSR count). The molecule has 1 aromatic rings. The minimum Gasteiger partial charge on any atom is -0.480 e. The van der Waals surface area contributed by atoms with E-state index in [0.29, 0.717) is 22.8 Å². The average molecular weight is 269 g/mol. The van der Waals surface area contributed by atoms with Crippen molar-refractivity contribution in [3.8, 4) is 0 Å². The zero-order chi connectivity index (χ0) is 13.4. The van der Waals surface area contributed by atoms with Crippen LogP contribution in [0.15, 0.2) is 10.5 Å². The van der Waals surface area contributed by atoms with Crippen LogP contribution in [0.1, 0.15) is 28.8 Å². The van der Waals surface area contributed by atoms with E-state index in [1.54, 1.807) is 19.9 Å². The molecule has 1 aliphatic heterocycles. The van der Waals surface area contributed by atoms with Crippen molar-refractivity contribution in [3.63, 3.8) is 0 Å². The molecule has 18 heavy (non-hydrogen) atoms. The van der Waals surface area contributed by atoms with E-state index in [2.05, 4.69) is 0 Å². The molecule has 0 radical (unpaired) electrons. The largest absolute Gasteiger partial charge is 0.480 e. The number of carboxylic acid groups (broad SMARTS) is 1. The molecule has 98 valence electrons. The van der Waals surface area contributed by atoms with E-state index in [1.807, 2.05) is 6.92 Å². The van der Waals surface area contributed by atoms with Crippen LogP contribution in [0.3, 0.4) is 0 Å². The van der Waals surface area contributed by atoms with Crippen LogP contribution >= 0.6 is 11.8 Å². The lowest BCUT2D eigenvalue weighted by molar-refractivity contribution is -0.141. The monoisotopic (exact) mass is 269 g/mol. The number of carbonyl (C=O) groups excluding carboxylic acids is 1. The summed E-state index contributed by atoms with van der Waals surface area (Å²) in [4.78, 5) is 25.0. The Labute approximate surface area is 109 Å². The Kier molecular flexibility index (Phi) is 3.38. The maximum atomic E-state index is 12.4. The Morgan fingerprint density at radius 2 is 2.17 bits per heavy atom. The summed E-state index contributed by atoms with van der Waals surface area (Å²) in [5, 5.41) is 9.01. The minimum absolute atomic E-state index is 0.131. The fourth-order valence-electron chi connectivity index (χ4n) is 2.12. The fourth-order valence-corrected chi connectivity index (χ4v) is 3.29. The van der Waals surface area contributed by atoms with Crippen molar-refractivity contribution < 1.29 is 19.1 Å². The second-order valence-corrected chi connectivity index (χ2v) is 5.67. The third-order valence-electron chi connectivity index (χ3n) is 3.01. The Bertz CT molecular complexity index is 496. The molecule has 1 aromatic heterocycles. The first-order chi connectivity index (χ1) is 8.41. The lowest BCUT2D eigenvalue weighted by Gasteiger charge is -2.24. The molecule has 1 aliphatic rings. The molecule has 0 aliphatic carbocycles. The van der Waals surface area contributed by atoms with Crippen LogP contribution in [-0.4, -0.2) is 39.1 Å². The van der Waals surface area contributed by atoms with Crippen LogP contribution < -0.4 is 0 Å². The fraction of sp³-hybridized carbons (Fsp3) is 0.500. The SMILES string of the molecule is Cc1cc(C(=O)N2C(C)SCC2C(=O)O)c(C)o1. The normalized spacial score (nSPS) is 23.4. The van der Waals surface area contributed by atoms with Crippen LogP contribution in [-0.2, 0) is 4.79 Å². The van der Waals surface area contributed by atoms with E-state index < -0.39 is 12.0 Å². The van der Waals surface area contributed by atoms with Crippen molar-refractivity contribution in [2.45, 2.75) is 32.2 Å². The third-order valence-corrected chi connectivity index (χ3v) is 4.23. The first kappa shape index (κ1) is 13.0. The van der Waals surface area contributed by atoms with Gasteiger partial charge in [0.1, 0.15) is 17.6 Å². The molecule has 5 nitrogen and oxygen atoms in total. The van der Waals surface area contributed by atoms with Crippen molar-refractivity contribution in [1.82, 2.24) is 4.90 Å². The summed E-state index contributed by atoms with van der Waals surface area (Å²) in [5.74, 6) is 0.387. The predicted octanol–water partition coefficient (Wildman–Crippen LogP) is 1.88. The van der Waals surface area contributed by atoms with Gasteiger partial charge in [0.05, 0.1) is 10.9 Å². The lowest BCUT2D eigenvalue weighted by atomic mass is 10.2. The molecule has 0 aromatic carbocycles. The summed E-state index contributed by atoms with van der Waals surface area (Å²) in [5.41, 5.74) is 0.452.